The highest BCUT2D eigenvalue weighted by atomic mass is 32.1. The molecule has 1 aromatic carbocycles. The van der Waals surface area contributed by atoms with Gasteiger partial charge >= 0.3 is 0 Å². The van der Waals surface area contributed by atoms with Crippen molar-refractivity contribution in [3.8, 4) is 0 Å². The van der Waals surface area contributed by atoms with Crippen LogP contribution in [0, 0.1) is 5.92 Å². The standard InChI is InChI=1S/C27H33N5O2S/c1-3-4-6-20(2)27(33,26-28-10-16-35-26)21-7-5-11-32(18-21)25-23-9-8-22(17-24(23)29-19-30-25)31-12-14-34-15-13-31/h3-4,6,8-10,16-17,19,21,33H,5,7,11-15,18H2,1-2H3/b4-3-,20-6+. The Morgan fingerprint density at radius 1 is 1.17 bits per heavy atom. The van der Waals surface area contributed by atoms with E-state index in [-0.39, 0.29) is 5.92 Å². The van der Waals surface area contributed by atoms with Gasteiger partial charge in [-0.05, 0) is 50.5 Å². The molecule has 3 aromatic rings. The summed E-state index contributed by atoms with van der Waals surface area (Å²) in [6.07, 6.45) is 11.3. The van der Waals surface area contributed by atoms with Crippen LogP contribution >= 0.6 is 11.3 Å². The monoisotopic (exact) mass is 491 g/mol. The van der Waals surface area contributed by atoms with E-state index in [9.17, 15) is 5.11 Å². The highest BCUT2D eigenvalue weighted by Crippen LogP contribution is 2.43. The molecule has 35 heavy (non-hydrogen) atoms. The molecule has 184 valence electrons. The van der Waals surface area contributed by atoms with Crippen LogP contribution in [-0.2, 0) is 10.3 Å². The Hall–Kier alpha value is -2.81. The van der Waals surface area contributed by atoms with Gasteiger partial charge in [-0.25, -0.2) is 15.0 Å². The van der Waals surface area contributed by atoms with Crippen molar-refractivity contribution >= 4 is 33.7 Å². The second-order valence-electron chi connectivity index (χ2n) is 9.26. The molecule has 0 saturated carbocycles. The normalized spacial score (nSPS) is 21.6. The first-order valence-electron chi connectivity index (χ1n) is 12.4. The van der Waals surface area contributed by atoms with Crippen LogP contribution in [0.25, 0.3) is 10.9 Å². The van der Waals surface area contributed by atoms with Crippen molar-refractivity contribution in [1.82, 2.24) is 15.0 Å². The van der Waals surface area contributed by atoms with E-state index in [0.717, 1.165) is 73.0 Å². The smallest absolute Gasteiger partial charge is 0.141 e. The molecule has 2 fully saturated rings. The third kappa shape index (κ3) is 4.70. The lowest BCUT2D eigenvalue weighted by atomic mass is 9.77. The molecule has 0 aliphatic carbocycles. The summed E-state index contributed by atoms with van der Waals surface area (Å²) in [4.78, 5) is 18.5. The van der Waals surface area contributed by atoms with Gasteiger partial charge in [0, 0.05) is 54.7 Å². The van der Waals surface area contributed by atoms with Crippen LogP contribution in [0.4, 0.5) is 11.5 Å². The molecule has 0 spiro atoms. The van der Waals surface area contributed by atoms with Gasteiger partial charge in [0.2, 0.25) is 0 Å². The first kappa shape index (κ1) is 23.9. The third-order valence-corrected chi connectivity index (χ3v) is 8.08. The SMILES string of the molecule is C/C=C\C=C(/C)C(O)(c1nccs1)C1CCCN(c2ncnc3cc(N4CCOCC4)ccc23)C1. The number of ether oxygens (including phenoxy) is 1. The van der Waals surface area contributed by atoms with E-state index in [1.165, 1.54) is 17.0 Å². The summed E-state index contributed by atoms with van der Waals surface area (Å²) < 4.78 is 5.50. The van der Waals surface area contributed by atoms with Crippen molar-refractivity contribution in [3.05, 3.63) is 64.9 Å². The number of anilines is 2. The van der Waals surface area contributed by atoms with Crippen LogP contribution in [0.15, 0.2) is 59.9 Å². The molecule has 2 aliphatic rings. The lowest BCUT2D eigenvalue weighted by Gasteiger charge is -2.42. The van der Waals surface area contributed by atoms with Gasteiger partial charge < -0.3 is 19.6 Å². The number of piperidine rings is 1. The summed E-state index contributed by atoms with van der Waals surface area (Å²) in [5.41, 5.74) is 1.92. The fraction of sp³-hybridized carbons (Fsp3) is 0.444. The lowest BCUT2D eigenvalue weighted by molar-refractivity contribution is 0.00552. The molecule has 0 amide bonds. The predicted molar refractivity (Wildman–Crippen MR) is 142 cm³/mol. The molecule has 2 aliphatic heterocycles. The number of benzene rings is 1. The third-order valence-electron chi connectivity index (χ3n) is 7.19. The van der Waals surface area contributed by atoms with Crippen molar-refractivity contribution in [2.75, 3.05) is 49.2 Å². The zero-order valence-corrected chi connectivity index (χ0v) is 21.2. The number of nitrogens with zero attached hydrogens (tertiary/aromatic N) is 5. The van der Waals surface area contributed by atoms with Crippen molar-refractivity contribution in [2.24, 2.45) is 5.92 Å². The van der Waals surface area contributed by atoms with Gasteiger partial charge in [-0.15, -0.1) is 11.3 Å². The first-order chi connectivity index (χ1) is 17.1. The molecule has 1 N–H and O–H groups in total. The molecule has 2 aromatic heterocycles. The summed E-state index contributed by atoms with van der Waals surface area (Å²) in [7, 11) is 0. The molecule has 2 unspecified atom stereocenters. The zero-order chi connectivity index (χ0) is 24.3. The van der Waals surface area contributed by atoms with E-state index in [1.807, 2.05) is 37.5 Å². The fourth-order valence-electron chi connectivity index (χ4n) is 5.26. The van der Waals surface area contributed by atoms with E-state index in [2.05, 4.69) is 38.0 Å². The summed E-state index contributed by atoms with van der Waals surface area (Å²) >= 11 is 1.52. The zero-order valence-electron chi connectivity index (χ0n) is 20.4. The largest absolute Gasteiger partial charge is 0.378 e. The highest BCUT2D eigenvalue weighted by Gasteiger charge is 2.44. The number of aromatic nitrogens is 3. The Kier molecular flexibility index (Phi) is 7.13. The quantitative estimate of drug-likeness (QED) is 0.507. The summed E-state index contributed by atoms with van der Waals surface area (Å²) in [5.74, 6) is 0.936. The van der Waals surface area contributed by atoms with Crippen molar-refractivity contribution < 1.29 is 9.84 Å². The number of rotatable bonds is 6. The predicted octanol–water partition coefficient (Wildman–Crippen LogP) is 4.55. The maximum absolute atomic E-state index is 12.1. The van der Waals surface area contributed by atoms with Crippen LogP contribution in [0.5, 0.6) is 0 Å². The van der Waals surface area contributed by atoms with E-state index in [0.29, 0.717) is 6.54 Å². The molecule has 0 radical (unpaired) electrons. The van der Waals surface area contributed by atoms with Crippen LogP contribution in [0.2, 0.25) is 0 Å². The van der Waals surface area contributed by atoms with Crippen LogP contribution in [0.1, 0.15) is 31.7 Å². The van der Waals surface area contributed by atoms with Gasteiger partial charge in [0.1, 0.15) is 22.8 Å². The topological polar surface area (TPSA) is 74.6 Å². The number of aliphatic hydroxyl groups is 1. The van der Waals surface area contributed by atoms with Crippen LogP contribution < -0.4 is 9.80 Å². The maximum atomic E-state index is 12.1. The van der Waals surface area contributed by atoms with Crippen LogP contribution in [-0.4, -0.2) is 59.5 Å². The molecular weight excluding hydrogens is 458 g/mol. The minimum absolute atomic E-state index is 0.00143. The average molecular weight is 492 g/mol. The number of hydrogen-bond donors (Lipinski definition) is 1. The fourth-order valence-corrected chi connectivity index (χ4v) is 6.14. The Morgan fingerprint density at radius 3 is 2.80 bits per heavy atom. The van der Waals surface area contributed by atoms with Crippen molar-refractivity contribution in [2.45, 2.75) is 32.3 Å². The van der Waals surface area contributed by atoms with E-state index in [4.69, 9.17) is 9.72 Å². The lowest BCUT2D eigenvalue weighted by Crippen LogP contribution is -2.47. The van der Waals surface area contributed by atoms with Crippen molar-refractivity contribution in [3.63, 3.8) is 0 Å². The molecule has 5 rings (SSSR count). The highest BCUT2D eigenvalue weighted by molar-refractivity contribution is 7.09. The summed E-state index contributed by atoms with van der Waals surface area (Å²) in [6.45, 7) is 8.90. The van der Waals surface area contributed by atoms with Gasteiger partial charge in [0.15, 0.2) is 0 Å². The molecule has 8 heteroatoms. The maximum Gasteiger partial charge on any atom is 0.141 e. The number of fused-ring (bicyclic) bond motifs is 1. The molecular formula is C27H33N5O2S. The van der Waals surface area contributed by atoms with E-state index in [1.54, 1.807) is 12.5 Å². The number of thiazole rings is 1. The molecule has 2 atom stereocenters. The Morgan fingerprint density at radius 2 is 2.03 bits per heavy atom. The first-order valence-corrected chi connectivity index (χ1v) is 13.2. The number of hydrogen-bond acceptors (Lipinski definition) is 8. The Balaban J connectivity index is 1.46. The summed E-state index contributed by atoms with van der Waals surface area (Å²) in [6, 6.07) is 6.46. The van der Waals surface area contributed by atoms with E-state index >= 15 is 0 Å². The van der Waals surface area contributed by atoms with Gasteiger partial charge in [-0.3, -0.25) is 0 Å². The van der Waals surface area contributed by atoms with Crippen LogP contribution in [0.3, 0.4) is 0 Å². The summed E-state index contributed by atoms with van der Waals surface area (Å²) in [5, 5.41) is 15.9. The second kappa shape index (κ2) is 10.4. The van der Waals surface area contributed by atoms with Gasteiger partial charge in [-0.1, -0.05) is 18.2 Å². The second-order valence-corrected chi connectivity index (χ2v) is 10.2. The number of morpholine rings is 1. The average Bonchev–Trinajstić information content (AvgIpc) is 3.47. The van der Waals surface area contributed by atoms with Gasteiger partial charge in [-0.2, -0.15) is 0 Å². The molecule has 0 bridgehead atoms. The minimum atomic E-state index is -1.11. The minimum Gasteiger partial charge on any atom is -0.378 e. The number of allylic oxidation sites excluding steroid dienone is 3. The van der Waals surface area contributed by atoms with Gasteiger partial charge in [0.25, 0.3) is 0 Å². The molecule has 7 nitrogen and oxygen atoms in total. The van der Waals surface area contributed by atoms with Gasteiger partial charge in [0.05, 0.1) is 18.7 Å². The Labute approximate surface area is 210 Å². The molecule has 4 heterocycles. The molecule has 2 saturated heterocycles. The Bertz CT molecular complexity index is 1210. The van der Waals surface area contributed by atoms with E-state index < -0.39 is 5.60 Å². The van der Waals surface area contributed by atoms with Crippen molar-refractivity contribution in [1.29, 1.82) is 0 Å².